The molecule has 2 nitrogen and oxygen atoms in total. The van der Waals surface area contributed by atoms with E-state index < -0.39 is 17.7 Å². The number of halogens is 4. The van der Waals surface area contributed by atoms with E-state index in [-0.39, 0.29) is 30.0 Å². The number of rotatable bonds is 5. The molecule has 0 aliphatic carbocycles. The van der Waals surface area contributed by atoms with Crippen molar-refractivity contribution in [1.82, 2.24) is 0 Å². The Hall–Kier alpha value is -1.23. The first-order valence-corrected chi connectivity index (χ1v) is 6.36. The zero-order chi connectivity index (χ0) is 14.5. The summed E-state index contributed by atoms with van der Waals surface area (Å²) in [5, 5.41) is 0. The van der Waals surface area contributed by atoms with E-state index in [0.29, 0.717) is 6.42 Å². The second-order valence-corrected chi connectivity index (χ2v) is 4.26. The number of ether oxygens (including phenoxy) is 1. The van der Waals surface area contributed by atoms with Crippen molar-refractivity contribution in [2.75, 3.05) is 12.5 Å². The maximum Gasteiger partial charge on any atom is 0.416 e. The predicted molar refractivity (Wildman–Crippen MR) is 66.4 cm³/mol. The maximum atomic E-state index is 12.9. The lowest BCUT2D eigenvalue weighted by molar-refractivity contribution is -0.138. The Morgan fingerprint density at radius 1 is 1.37 bits per heavy atom. The fourth-order valence-electron chi connectivity index (χ4n) is 1.66. The van der Waals surface area contributed by atoms with Crippen molar-refractivity contribution in [3.05, 3.63) is 34.9 Å². The number of carbonyl (C=O) groups excluding carboxylic acids is 1. The van der Waals surface area contributed by atoms with Crippen LogP contribution in [0, 0.1) is 0 Å². The topological polar surface area (TPSA) is 26.3 Å². The monoisotopic (exact) mass is 294 g/mol. The Morgan fingerprint density at radius 3 is 2.58 bits per heavy atom. The maximum absolute atomic E-state index is 12.9. The predicted octanol–water partition coefficient (Wildman–Crippen LogP) is 4.05. The Morgan fingerprint density at radius 2 is 2.05 bits per heavy atom. The first kappa shape index (κ1) is 15.8. The third-order valence-corrected chi connectivity index (χ3v) is 2.77. The van der Waals surface area contributed by atoms with Crippen LogP contribution >= 0.6 is 11.6 Å². The average molecular weight is 295 g/mol. The highest BCUT2D eigenvalue weighted by Gasteiger charge is 2.33. The van der Waals surface area contributed by atoms with E-state index >= 15 is 0 Å². The Bertz CT molecular complexity index is 444. The lowest BCUT2D eigenvalue weighted by Crippen LogP contribution is -2.13. The van der Waals surface area contributed by atoms with Gasteiger partial charge < -0.3 is 4.74 Å². The number of alkyl halides is 4. The number of carbonyl (C=O) groups is 1. The summed E-state index contributed by atoms with van der Waals surface area (Å²) >= 11 is 5.49. The van der Waals surface area contributed by atoms with Crippen LogP contribution in [0.4, 0.5) is 13.2 Å². The number of hydrogen-bond donors (Lipinski definition) is 0. The van der Waals surface area contributed by atoms with Gasteiger partial charge in [-0.05, 0) is 37.5 Å². The van der Waals surface area contributed by atoms with Crippen molar-refractivity contribution in [2.45, 2.75) is 25.9 Å². The second-order valence-electron chi connectivity index (χ2n) is 3.88. The highest BCUT2D eigenvalue weighted by Crippen LogP contribution is 2.33. The fourth-order valence-corrected chi connectivity index (χ4v) is 1.79. The summed E-state index contributed by atoms with van der Waals surface area (Å²) in [6, 6.07) is 3.49. The van der Waals surface area contributed by atoms with Gasteiger partial charge in [-0.2, -0.15) is 13.2 Å². The zero-order valence-corrected chi connectivity index (χ0v) is 11.1. The minimum atomic E-state index is -4.50. The van der Waals surface area contributed by atoms with E-state index in [1.54, 1.807) is 6.92 Å². The Balaban J connectivity index is 3.12. The van der Waals surface area contributed by atoms with E-state index in [0.717, 1.165) is 6.07 Å². The first-order chi connectivity index (χ1) is 8.90. The molecule has 1 aromatic rings. The smallest absolute Gasteiger partial charge is 0.416 e. The van der Waals surface area contributed by atoms with Crippen molar-refractivity contribution >= 4 is 17.6 Å². The van der Waals surface area contributed by atoms with E-state index in [1.807, 2.05) is 0 Å². The molecule has 1 rings (SSSR count). The van der Waals surface area contributed by atoms with Gasteiger partial charge in [0.1, 0.15) is 0 Å². The third kappa shape index (κ3) is 4.42. The first-order valence-electron chi connectivity index (χ1n) is 5.83. The van der Waals surface area contributed by atoms with Crippen molar-refractivity contribution in [3.8, 4) is 0 Å². The Labute approximate surface area is 114 Å². The summed E-state index contributed by atoms with van der Waals surface area (Å²) in [6.45, 7) is 1.71. The normalized spacial score (nSPS) is 11.4. The van der Waals surface area contributed by atoms with Crippen molar-refractivity contribution in [3.63, 3.8) is 0 Å². The van der Waals surface area contributed by atoms with Gasteiger partial charge in [0, 0.05) is 5.88 Å². The van der Waals surface area contributed by atoms with Crippen LogP contribution in [-0.4, -0.2) is 18.5 Å². The van der Waals surface area contributed by atoms with E-state index in [9.17, 15) is 18.0 Å². The average Bonchev–Trinajstić information content (AvgIpc) is 2.35. The SMILES string of the molecule is CCOC(=O)c1ccc(CCCCl)c(C(F)(F)F)c1. The minimum Gasteiger partial charge on any atom is -0.462 e. The van der Waals surface area contributed by atoms with Crippen LogP contribution in [-0.2, 0) is 17.3 Å². The molecule has 0 unspecified atom stereocenters. The molecule has 0 N–H and O–H groups in total. The Kier molecular flexibility index (Phi) is 5.66. The molecule has 0 heterocycles. The largest absolute Gasteiger partial charge is 0.462 e. The molecule has 0 atom stereocenters. The molecule has 0 bridgehead atoms. The van der Waals surface area contributed by atoms with Gasteiger partial charge in [0.2, 0.25) is 0 Å². The number of aryl methyl sites for hydroxylation is 1. The lowest BCUT2D eigenvalue weighted by atomic mass is 10.00. The zero-order valence-electron chi connectivity index (χ0n) is 10.4. The van der Waals surface area contributed by atoms with Crippen LogP contribution in [0.1, 0.15) is 34.8 Å². The minimum absolute atomic E-state index is 0.0937. The fraction of sp³-hybridized carbons (Fsp3) is 0.462. The van der Waals surface area contributed by atoms with Crippen LogP contribution in [0.2, 0.25) is 0 Å². The van der Waals surface area contributed by atoms with Gasteiger partial charge in [0.25, 0.3) is 0 Å². The van der Waals surface area contributed by atoms with Crippen molar-refractivity contribution < 1.29 is 22.7 Å². The molecule has 0 spiro atoms. The molecule has 0 aliphatic rings. The molecule has 0 saturated carbocycles. The van der Waals surface area contributed by atoms with Gasteiger partial charge in [-0.3, -0.25) is 0 Å². The van der Waals surface area contributed by atoms with Crippen LogP contribution in [0.3, 0.4) is 0 Å². The van der Waals surface area contributed by atoms with Gasteiger partial charge in [0.05, 0.1) is 17.7 Å². The number of hydrogen-bond acceptors (Lipinski definition) is 2. The van der Waals surface area contributed by atoms with Crippen molar-refractivity contribution in [1.29, 1.82) is 0 Å². The molecule has 6 heteroatoms. The second kappa shape index (κ2) is 6.80. The van der Waals surface area contributed by atoms with E-state index in [4.69, 9.17) is 11.6 Å². The van der Waals surface area contributed by atoms with Crippen LogP contribution in [0.25, 0.3) is 0 Å². The summed E-state index contributed by atoms with van der Waals surface area (Å²) < 4.78 is 43.4. The van der Waals surface area contributed by atoms with Gasteiger partial charge >= 0.3 is 12.1 Å². The summed E-state index contributed by atoms with van der Waals surface area (Å²) in [4.78, 5) is 11.4. The highest BCUT2D eigenvalue weighted by atomic mass is 35.5. The quantitative estimate of drug-likeness (QED) is 0.605. The molecule has 1 aromatic carbocycles. The molecule has 0 aromatic heterocycles. The number of esters is 1. The van der Waals surface area contributed by atoms with Crippen LogP contribution in [0.15, 0.2) is 18.2 Å². The molecular formula is C13H14ClF3O2. The van der Waals surface area contributed by atoms with Crippen LogP contribution in [0.5, 0.6) is 0 Å². The van der Waals surface area contributed by atoms with Gasteiger partial charge in [-0.25, -0.2) is 4.79 Å². The molecule has 0 fully saturated rings. The van der Waals surface area contributed by atoms with Crippen LogP contribution < -0.4 is 0 Å². The van der Waals surface area contributed by atoms with Crippen molar-refractivity contribution in [2.24, 2.45) is 0 Å². The van der Waals surface area contributed by atoms with Gasteiger partial charge in [-0.1, -0.05) is 6.07 Å². The number of benzene rings is 1. The van der Waals surface area contributed by atoms with E-state index in [2.05, 4.69) is 4.74 Å². The molecule has 19 heavy (non-hydrogen) atoms. The third-order valence-electron chi connectivity index (χ3n) is 2.51. The summed E-state index contributed by atoms with van der Waals surface area (Å²) in [6.07, 6.45) is -3.82. The molecule has 0 saturated heterocycles. The molecule has 0 amide bonds. The standard InChI is InChI=1S/C13H14ClF3O2/c1-2-19-12(18)10-6-5-9(4-3-7-14)11(8-10)13(15,16)17/h5-6,8H,2-4,7H2,1H3. The van der Waals surface area contributed by atoms with Gasteiger partial charge in [-0.15, -0.1) is 11.6 Å². The summed E-state index contributed by atoms with van der Waals surface area (Å²) in [5.74, 6) is -0.464. The van der Waals surface area contributed by atoms with E-state index in [1.165, 1.54) is 12.1 Å². The lowest BCUT2D eigenvalue weighted by Gasteiger charge is -2.14. The molecule has 0 radical (unpaired) electrons. The highest BCUT2D eigenvalue weighted by molar-refractivity contribution is 6.17. The summed E-state index contributed by atoms with van der Waals surface area (Å²) in [5.41, 5.74) is -0.756. The van der Waals surface area contributed by atoms with Gasteiger partial charge in [0.15, 0.2) is 0 Å². The molecule has 106 valence electrons. The summed E-state index contributed by atoms with van der Waals surface area (Å²) in [7, 11) is 0. The molecular weight excluding hydrogens is 281 g/mol. The molecule has 0 aliphatic heterocycles.